The Morgan fingerprint density at radius 1 is 1.33 bits per heavy atom. The number of nitrogens with zero attached hydrogens (tertiary/aromatic N) is 3. The van der Waals surface area contributed by atoms with Crippen molar-refractivity contribution in [1.29, 1.82) is 0 Å². The lowest BCUT2D eigenvalue weighted by Crippen LogP contribution is -2.43. The van der Waals surface area contributed by atoms with Crippen molar-refractivity contribution in [2.45, 2.75) is 71.1 Å². The van der Waals surface area contributed by atoms with Crippen molar-refractivity contribution in [3.63, 3.8) is 0 Å². The van der Waals surface area contributed by atoms with E-state index in [1.165, 1.54) is 19.3 Å². The van der Waals surface area contributed by atoms with Crippen molar-refractivity contribution in [3.05, 3.63) is 11.4 Å². The summed E-state index contributed by atoms with van der Waals surface area (Å²) in [7, 11) is 0. The zero-order valence-corrected chi connectivity index (χ0v) is 14.3. The molecule has 1 aliphatic carbocycles. The fraction of sp³-hybridized carbons (Fsp3) is 0.750. The minimum atomic E-state index is -0.342. The van der Waals surface area contributed by atoms with Gasteiger partial charge in [0.2, 0.25) is 5.91 Å². The summed E-state index contributed by atoms with van der Waals surface area (Å²) in [5.41, 5.74) is 1.57. The van der Waals surface area contributed by atoms with Crippen molar-refractivity contribution >= 4 is 11.9 Å². The maximum absolute atomic E-state index is 12.1. The number of carbonyl (C=O) groups is 2. The second-order valence-corrected chi connectivity index (χ2v) is 7.00. The van der Waals surface area contributed by atoms with Crippen LogP contribution in [-0.4, -0.2) is 33.0 Å². The Morgan fingerprint density at radius 3 is 2.79 bits per heavy atom. The zero-order valence-electron chi connectivity index (χ0n) is 14.3. The van der Waals surface area contributed by atoms with E-state index in [1.807, 2.05) is 13.8 Å². The third-order valence-electron chi connectivity index (χ3n) is 4.82. The van der Waals surface area contributed by atoms with Gasteiger partial charge in [0.15, 0.2) is 0 Å². The highest BCUT2D eigenvalue weighted by Gasteiger charge is 2.32. The Bertz CT molecular complexity index is 606. The molecule has 0 aromatic carbocycles. The fourth-order valence-corrected chi connectivity index (χ4v) is 3.51. The molecule has 3 N–H and O–H groups in total. The lowest BCUT2D eigenvalue weighted by molar-refractivity contribution is -0.127. The molecule has 0 radical (unpaired) electrons. The molecule has 0 spiro atoms. The van der Waals surface area contributed by atoms with Crippen LogP contribution >= 0.6 is 0 Å². The SMILES string of the molecule is CC(C)C1C(=O)NCc2c(CNC(=O)NC3CCCCC3)nnn21. The van der Waals surface area contributed by atoms with Crippen LogP contribution in [0.4, 0.5) is 4.79 Å². The number of amides is 3. The van der Waals surface area contributed by atoms with Crippen LogP contribution < -0.4 is 16.0 Å². The highest BCUT2D eigenvalue weighted by molar-refractivity contribution is 5.81. The second-order valence-electron chi connectivity index (χ2n) is 7.00. The molecule has 1 atom stereocenters. The Balaban J connectivity index is 1.59. The maximum Gasteiger partial charge on any atom is 0.315 e. The van der Waals surface area contributed by atoms with E-state index in [-0.39, 0.29) is 29.9 Å². The van der Waals surface area contributed by atoms with Gasteiger partial charge in [-0.25, -0.2) is 9.48 Å². The van der Waals surface area contributed by atoms with Crippen LogP contribution in [0.2, 0.25) is 0 Å². The van der Waals surface area contributed by atoms with Crippen molar-refractivity contribution in [2.24, 2.45) is 5.92 Å². The standard InChI is InChI=1S/C16H26N6O2/c1-10(2)14-15(23)17-9-13-12(20-21-22(13)14)8-18-16(24)19-11-6-4-3-5-7-11/h10-11,14H,3-9H2,1-2H3,(H,17,23)(H2,18,19,24). The summed E-state index contributed by atoms with van der Waals surface area (Å²) in [6, 6.07) is -0.229. The summed E-state index contributed by atoms with van der Waals surface area (Å²) in [6.07, 6.45) is 5.72. The van der Waals surface area contributed by atoms with Crippen LogP contribution in [0, 0.1) is 5.92 Å². The fourth-order valence-electron chi connectivity index (χ4n) is 3.51. The van der Waals surface area contributed by atoms with Gasteiger partial charge < -0.3 is 16.0 Å². The van der Waals surface area contributed by atoms with E-state index in [0.717, 1.165) is 18.5 Å². The molecule has 0 saturated heterocycles. The summed E-state index contributed by atoms with van der Waals surface area (Å²) < 4.78 is 1.69. The molecule has 3 amide bonds. The van der Waals surface area contributed by atoms with Gasteiger partial charge in [0.1, 0.15) is 11.7 Å². The lowest BCUT2D eigenvalue weighted by Gasteiger charge is -2.26. The first-order valence-corrected chi connectivity index (χ1v) is 8.81. The summed E-state index contributed by atoms with van der Waals surface area (Å²) in [5.74, 6) is 0.0955. The molecular weight excluding hydrogens is 308 g/mol. The van der Waals surface area contributed by atoms with Gasteiger partial charge in [-0.15, -0.1) is 5.10 Å². The Kier molecular flexibility index (Phi) is 5.01. The predicted molar refractivity (Wildman–Crippen MR) is 88.0 cm³/mol. The van der Waals surface area contributed by atoms with Crippen molar-refractivity contribution in [3.8, 4) is 0 Å². The van der Waals surface area contributed by atoms with Gasteiger partial charge in [-0.05, 0) is 18.8 Å². The Labute approximate surface area is 141 Å². The van der Waals surface area contributed by atoms with Crippen molar-refractivity contribution in [1.82, 2.24) is 30.9 Å². The highest BCUT2D eigenvalue weighted by Crippen LogP contribution is 2.24. The Morgan fingerprint density at radius 2 is 2.08 bits per heavy atom. The van der Waals surface area contributed by atoms with Gasteiger partial charge >= 0.3 is 6.03 Å². The zero-order chi connectivity index (χ0) is 17.1. The van der Waals surface area contributed by atoms with E-state index in [4.69, 9.17) is 0 Å². The first-order chi connectivity index (χ1) is 11.6. The first-order valence-electron chi connectivity index (χ1n) is 8.81. The normalized spacial score (nSPS) is 21.3. The molecule has 1 saturated carbocycles. The van der Waals surface area contributed by atoms with E-state index in [1.54, 1.807) is 4.68 Å². The van der Waals surface area contributed by atoms with Crippen molar-refractivity contribution < 1.29 is 9.59 Å². The Hall–Kier alpha value is -2.12. The smallest absolute Gasteiger partial charge is 0.315 e. The van der Waals surface area contributed by atoms with Crippen LogP contribution in [0.25, 0.3) is 0 Å². The third kappa shape index (κ3) is 3.52. The number of hydrogen-bond acceptors (Lipinski definition) is 4. The molecule has 2 heterocycles. The van der Waals surface area contributed by atoms with Crippen molar-refractivity contribution in [2.75, 3.05) is 0 Å². The molecule has 8 heteroatoms. The minimum Gasteiger partial charge on any atom is -0.349 e. The number of aromatic nitrogens is 3. The minimum absolute atomic E-state index is 0.0306. The second kappa shape index (κ2) is 7.19. The molecule has 1 aromatic rings. The van der Waals surface area contributed by atoms with E-state index in [9.17, 15) is 9.59 Å². The molecule has 2 aliphatic rings. The highest BCUT2D eigenvalue weighted by atomic mass is 16.2. The van der Waals surface area contributed by atoms with Crippen LogP contribution in [0.3, 0.4) is 0 Å². The molecule has 1 aromatic heterocycles. The molecule has 1 aliphatic heterocycles. The van der Waals surface area contributed by atoms with Crippen LogP contribution in [0.15, 0.2) is 0 Å². The topological polar surface area (TPSA) is 101 Å². The summed E-state index contributed by atoms with van der Waals surface area (Å²) in [5, 5.41) is 17.1. The molecular formula is C16H26N6O2. The number of nitrogens with one attached hydrogen (secondary N) is 3. The quantitative estimate of drug-likeness (QED) is 0.771. The monoisotopic (exact) mass is 334 g/mol. The molecule has 1 fully saturated rings. The van der Waals surface area contributed by atoms with Gasteiger partial charge in [-0.3, -0.25) is 4.79 Å². The lowest BCUT2D eigenvalue weighted by atomic mass is 9.96. The molecule has 8 nitrogen and oxygen atoms in total. The molecule has 132 valence electrons. The largest absolute Gasteiger partial charge is 0.349 e. The molecule has 3 rings (SSSR count). The van der Waals surface area contributed by atoms with Gasteiger partial charge in [-0.1, -0.05) is 38.3 Å². The van der Waals surface area contributed by atoms with Crippen LogP contribution in [0.5, 0.6) is 0 Å². The first kappa shape index (κ1) is 16.7. The predicted octanol–water partition coefficient (Wildman–Crippen LogP) is 1.24. The number of carbonyl (C=O) groups excluding carboxylic acids is 2. The number of rotatable bonds is 4. The van der Waals surface area contributed by atoms with E-state index >= 15 is 0 Å². The number of urea groups is 1. The molecule has 1 unspecified atom stereocenters. The third-order valence-corrected chi connectivity index (χ3v) is 4.82. The summed E-state index contributed by atoms with van der Waals surface area (Å²) in [4.78, 5) is 24.1. The van der Waals surface area contributed by atoms with Gasteiger partial charge in [-0.2, -0.15) is 0 Å². The number of fused-ring (bicyclic) bond motifs is 1. The van der Waals surface area contributed by atoms with Crippen LogP contribution in [-0.2, 0) is 17.9 Å². The molecule has 0 bridgehead atoms. The van der Waals surface area contributed by atoms with Gasteiger partial charge in [0.05, 0.1) is 18.8 Å². The van der Waals surface area contributed by atoms with Gasteiger partial charge in [0, 0.05) is 6.04 Å². The van der Waals surface area contributed by atoms with E-state index in [0.29, 0.717) is 18.8 Å². The van der Waals surface area contributed by atoms with Gasteiger partial charge in [0.25, 0.3) is 0 Å². The maximum atomic E-state index is 12.1. The summed E-state index contributed by atoms with van der Waals surface area (Å²) in [6.45, 7) is 4.68. The van der Waals surface area contributed by atoms with E-state index < -0.39 is 0 Å². The average molecular weight is 334 g/mol. The summed E-state index contributed by atoms with van der Waals surface area (Å²) >= 11 is 0. The molecule has 24 heavy (non-hydrogen) atoms. The van der Waals surface area contributed by atoms with Crippen LogP contribution in [0.1, 0.15) is 63.4 Å². The van der Waals surface area contributed by atoms with E-state index in [2.05, 4.69) is 26.3 Å². The number of hydrogen-bond donors (Lipinski definition) is 3. The average Bonchev–Trinajstić information content (AvgIpc) is 2.96.